The molecular formula is C25H25ClFN3O4. The highest BCUT2D eigenvalue weighted by atomic mass is 35.5. The van der Waals surface area contributed by atoms with E-state index in [2.05, 4.69) is 10.6 Å². The number of halogens is 2. The summed E-state index contributed by atoms with van der Waals surface area (Å²) in [6.07, 6.45) is 0.452. The van der Waals surface area contributed by atoms with Gasteiger partial charge in [0.1, 0.15) is 17.3 Å². The maximum absolute atomic E-state index is 13.4. The highest BCUT2D eigenvalue weighted by molar-refractivity contribution is 6.30. The van der Waals surface area contributed by atoms with Crippen LogP contribution < -0.4 is 25.0 Å². The fourth-order valence-corrected chi connectivity index (χ4v) is 3.40. The molecular weight excluding hydrogens is 461 g/mol. The van der Waals surface area contributed by atoms with Crippen molar-refractivity contribution in [3.8, 4) is 11.5 Å². The number of nitrogens with one attached hydrogen (secondary N) is 2. The summed E-state index contributed by atoms with van der Waals surface area (Å²) in [7, 11) is 3.02. The number of hydrogen-bond acceptors (Lipinski definition) is 4. The van der Waals surface area contributed by atoms with E-state index < -0.39 is 11.8 Å². The molecule has 9 heteroatoms. The average Bonchev–Trinajstić information content (AvgIpc) is 2.84. The van der Waals surface area contributed by atoms with E-state index in [1.807, 2.05) is 0 Å². The average molecular weight is 486 g/mol. The standard InChI is InChI=1S/C25H25ClFN3O4/c1-33-22-13-17(14-23(16-22)34-2)24(31)28-11-4-12-30(21-9-7-19(27)8-10-21)25(32)29-20-6-3-5-18(26)15-20/h3,5-10,13-16H,4,11-12H2,1-2H3,(H,28,31)(H,29,32). The highest BCUT2D eigenvalue weighted by Crippen LogP contribution is 2.23. The number of carbonyl (C=O) groups excluding carboxylic acids is 2. The Kier molecular flexibility index (Phi) is 8.70. The van der Waals surface area contributed by atoms with E-state index in [-0.39, 0.29) is 12.5 Å². The third-order valence-corrected chi connectivity index (χ3v) is 5.15. The lowest BCUT2D eigenvalue weighted by Gasteiger charge is -2.23. The first-order valence-corrected chi connectivity index (χ1v) is 10.9. The molecule has 0 saturated heterocycles. The Balaban J connectivity index is 1.64. The van der Waals surface area contributed by atoms with E-state index in [1.54, 1.807) is 42.5 Å². The van der Waals surface area contributed by atoms with Crippen LogP contribution in [-0.4, -0.2) is 39.2 Å². The van der Waals surface area contributed by atoms with Crippen molar-refractivity contribution >= 4 is 34.9 Å². The number of methoxy groups -OCH3 is 2. The Morgan fingerprint density at radius 2 is 1.65 bits per heavy atom. The number of benzene rings is 3. The summed E-state index contributed by atoms with van der Waals surface area (Å²) in [6, 6.07) is 16.9. The van der Waals surface area contributed by atoms with Crippen LogP contribution in [0.5, 0.6) is 11.5 Å². The van der Waals surface area contributed by atoms with Gasteiger partial charge in [-0.25, -0.2) is 9.18 Å². The van der Waals surface area contributed by atoms with Crippen LogP contribution in [-0.2, 0) is 0 Å². The second-order valence-corrected chi connectivity index (χ2v) is 7.72. The molecule has 0 spiro atoms. The van der Waals surface area contributed by atoms with Crippen molar-refractivity contribution < 1.29 is 23.5 Å². The van der Waals surface area contributed by atoms with Crippen LogP contribution in [0, 0.1) is 5.82 Å². The van der Waals surface area contributed by atoms with Gasteiger partial charge in [0.2, 0.25) is 0 Å². The fourth-order valence-electron chi connectivity index (χ4n) is 3.21. The molecule has 0 atom stereocenters. The molecule has 7 nitrogen and oxygen atoms in total. The van der Waals surface area contributed by atoms with E-state index in [1.165, 1.54) is 43.4 Å². The number of rotatable bonds is 9. The number of carbonyl (C=O) groups is 2. The number of urea groups is 1. The molecule has 0 radical (unpaired) electrons. The van der Waals surface area contributed by atoms with Crippen LogP contribution >= 0.6 is 11.6 Å². The summed E-state index contributed by atoms with van der Waals surface area (Å²) in [5.41, 5.74) is 1.44. The summed E-state index contributed by atoms with van der Waals surface area (Å²) < 4.78 is 23.8. The van der Waals surface area contributed by atoms with Crippen molar-refractivity contribution in [1.82, 2.24) is 5.32 Å². The second-order valence-electron chi connectivity index (χ2n) is 7.28. The topological polar surface area (TPSA) is 79.9 Å². The fraction of sp³-hybridized carbons (Fsp3) is 0.200. The van der Waals surface area contributed by atoms with E-state index in [9.17, 15) is 14.0 Å². The van der Waals surface area contributed by atoms with Gasteiger partial charge in [-0.2, -0.15) is 0 Å². The molecule has 34 heavy (non-hydrogen) atoms. The van der Waals surface area contributed by atoms with Crippen molar-refractivity contribution in [2.24, 2.45) is 0 Å². The molecule has 3 rings (SSSR count). The molecule has 3 aromatic carbocycles. The van der Waals surface area contributed by atoms with Crippen LogP contribution in [0.25, 0.3) is 0 Å². The van der Waals surface area contributed by atoms with Crippen molar-refractivity contribution in [3.63, 3.8) is 0 Å². The van der Waals surface area contributed by atoms with Gasteiger partial charge in [-0.05, 0) is 61.0 Å². The van der Waals surface area contributed by atoms with Gasteiger partial charge in [-0.1, -0.05) is 17.7 Å². The lowest BCUT2D eigenvalue weighted by molar-refractivity contribution is 0.0952. The van der Waals surface area contributed by atoms with Gasteiger partial charge in [0, 0.05) is 41.1 Å². The maximum Gasteiger partial charge on any atom is 0.326 e. The molecule has 178 valence electrons. The third kappa shape index (κ3) is 6.86. The summed E-state index contributed by atoms with van der Waals surface area (Å²) in [6.45, 7) is 0.584. The highest BCUT2D eigenvalue weighted by Gasteiger charge is 2.17. The Morgan fingerprint density at radius 1 is 0.971 bits per heavy atom. The second kappa shape index (κ2) is 11.9. The Hall–Kier alpha value is -3.78. The first-order valence-electron chi connectivity index (χ1n) is 10.5. The first kappa shape index (κ1) is 24.9. The normalized spacial score (nSPS) is 10.4. The van der Waals surface area contributed by atoms with E-state index in [0.717, 1.165) is 0 Å². The number of amides is 3. The molecule has 0 saturated carbocycles. The first-order chi connectivity index (χ1) is 16.4. The SMILES string of the molecule is COc1cc(OC)cc(C(=O)NCCCN(C(=O)Nc2cccc(Cl)c2)c2ccc(F)cc2)c1. The lowest BCUT2D eigenvalue weighted by atomic mass is 10.2. The van der Waals surface area contributed by atoms with Gasteiger partial charge in [0.05, 0.1) is 14.2 Å². The number of anilines is 2. The molecule has 0 aliphatic heterocycles. The van der Waals surface area contributed by atoms with Crippen LogP contribution in [0.3, 0.4) is 0 Å². The quantitative estimate of drug-likeness (QED) is 0.400. The van der Waals surface area contributed by atoms with Crippen LogP contribution in [0.2, 0.25) is 5.02 Å². The van der Waals surface area contributed by atoms with Gasteiger partial charge >= 0.3 is 6.03 Å². The van der Waals surface area contributed by atoms with Crippen molar-refractivity contribution in [2.45, 2.75) is 6.42 Å². The Morgan fingerprint density at radius 3 is 2.26 bits per heavy atom. The predicted octanol–water partition coefficient (Wildman–Crippen LogP) is 5.35. The van der Waals surface area contributed by atoms with Crippen molar-refractivity contribution in [1.29, 1.82) is 0 Å². The molecule has 0 heterocycles. The van der Waals surface area contributed by atoms with Gasteiger partial charge < -0.3 is 20.1 Å². The number of nitrogens with zero attached hydrogens (tertiary/aromatic N) is 1. The molecule has 3 amide bonds. The molecule has 0 bridgehead atoms. The molecule has 0 unspecified atom stereocenters. The van der Waals surface area contributed by atoms with Gasteiger partial charge in [-0.3, -0.25) is 9.69 Å². The van der Waals surface area contributed by atoms with E-state index in [4.69, 9.17) is 21.1 Å². The molecule has 0 aliphatic carbocycles. The number of ether oxygens (including phenoxy) is 2. The monoisotopic (exact) mass is 485 g/mol. The minimum absolute atomic E-state index is 0.278. The predicted molar refractivity (Wildman–Crippen MR) is 131 cm³/mol. The number of hydrogen-bond donors (Lipinski definition) is 2. The molecule has 3 aromatic rings. The molecule has 0 aromatic heterocycles. The van der Waals surface area contributed by atoms with E-state index in [0.29, 0.717) is 46.4 Å². The lowest BCUT2D eigenvalue weighted by Crippen LogP contribution is -2.37. The van der Waals surface area contributed by atoms with Crippen LogP contribution in [0.4, 0.5) is 20.6 Å². The molecule has 0 aliphatic rings. The zero-order chi connectivity index (χ0) is 24.5. The summed E-state index contributed by atoms with van der Waals surface area (Å²) in [4.78, 5) is 27.0. The Labute approximate surface area is 202 Å². The zero-order valence-electron chi connectivity index (χ0n) is 18.8. The zero-order valence-corrected chi connectivity index (χ0v) is 19.6. The van der Waals surface area contributed by atoms with Crippen molar-refractivity contribution in [2.75, 3.05) is 37.5 Å². The van der Waals surface area contributed by atoms with Crippen LogP contribution in [0.15, 0.2) is 66.7 Å². The maximum atomic E-state index is 13.4. The molecule has 2 N–H and O–H groups in total. The largest absolute Gasteiger partial charge is 0.497 e. The van der Waals surface area contributed by atoms with Crippen molar-refractivity contribution in [3.05, 3.63) is 83.1 Å². The minimum atomic E-state index is -0.405. The smallest absolute Gasteiger partial charge is 0.326 e. The summed E-state index contributed by atoms with van der Waals surface area (Å²) in [5, 5.41) is 6.11. The van der Waals surface area contributed by atoms with Crippen LogP contribution in [0.1, 0.15) is 16.8 Å². The van der Waals surface area contributed by atoms with Gasteiger partial charge in [0.15, 0.2) is 0 Å². The minimum Gasteiger partial charge on any atom is -0.497 e. The van der Waals surface area contributed by atoms with E-state index >= 15 is 0 Å². The summed E-state index contributed by atoms with van der Waals surface area (Å²) in [5.74, 6) is 0.309. The van der Waals surface area contributed by atoms with Gasteiger partial charge in [0.25, 0.3) is 5.91 Å². The third-order valence-electron chi connectivity index (χ3n) is 4.92. The molecule has 0 fully saturated rings. The van der Waals surface area contributed by atoms with Gasteiger partial charge in [-0.15, -0.1) is 0 Å². The summed E-state index contributed by atoms with van der Waals surface area (Å²) >= 11 is 6.00. The Bertz CT molecular complexity index is 1120.